The standard InChI is InChI=1S/C27H31N9OS2/c1-14(17-8-6-12-35(17)2)36-25-21(32-34-36)26(38-3)31-24(30-25)20-15-7-4-10-27(22(15)37-33-20)11-5-9-18-19(27)16(13-28)23(29)39-18/h14,17H,4-12,29H2,1-3H3/t14?,17-,27-/m0/s1. The molecule has 2 N–H and O–H groups in total. The molecule has 1 unspecified atom stereocenters. The number of rotatable bonds is 4. The Morgan fingerprint density at radius 3 is 2.79 bits per heavy atom. The second-order valence-corrected chi connectivity index (χ2v) is 13.0. The molecule has 7 rings (SSSR count). The van der Waals surface area contributed by atoms with Crippen LogP contribution in [-0.4, -0.2) is 60.9 Å². The molecule has 3 atom stereocenters. The summed E-state index contributed by atoms with van der Waals surface area (Å²) in [6, 6.07) is 2.91. The largest absolute Gasteiger partial charge is 0.389 e. The molecule has 0 aromatic carbocycles. The van der Waals surface area contributed by atoms with Gasteiger partial charge in [-0.15, -0.1) is 28.2 Å². The van der Waals surface area contributed by atoms with Gasteiger partial charge in [0.15, 0.2) is 28.4 Å². The average molecular weight is 562 g/mol. The first-order valence-corrected chi connectivity index (χ1v) is 15.7. The minimum Gasteiger partial charge on any atom is -0.389 e. The zero-order valence-corrected chi connectivity index (χ0v) is 24.0. The minimum atomic E-state index is -0.372. The maximum absolute atomic E-state index is 10.0. The van der Waals surface area contributed by atoms with Crippen LogP contribution < -0.4 is 5.73 Å². The van der Waals surface area contributed by atoms with Crippen LogP contribution in [0.4, 0.5) is 5.00 Å². The van der Waals surface area contributed by atoms with Crippen molar-refractivity contribution in [1.82, 2.24) is 35.0 Å². The molecule has 10 nitrogen and oxygen atoms in total. The van der Waals surface area contributed by atoms with E-state index in [-0.39, 0.29) is 11.5 Å². The molecule has 12 heteroatoms. The lowest BCUT2D eigenvalue weighted by molar-refractivity contribution is 0.230. The Morgan fingerprint density at radius 1 is 1.23 bits per heavy atom. The Bertz CT molecular complexity index is 1630. The van der Waals surface area contributed by atoms with Gasteiger partial charge in [0.2, 0.25) is 0 Å². The Morgan fingerprint density at radius 2 is 2.05 bits per heavy atom. The number of nitrogens with two attached hydrogens (primary N) is 1. The molecule has 202 valence electrons. The van der Waals surface area contributed by atoms with E-state index in [1.54, 1.807) is 23.1 Å². The molecule has 0 saturated carbocycles. The number of aromatic nitrogens is 6. The van der Waals surface area contributed by atoms with E-state index in [2.05, 4.69) is 40.4 Å². The maximum atomic E-state index is 10.0. The molecule has 4 aromatic rings. The molecule has 0 radical (unpaired) electrons. The van der Waals surface area contributed by atoms with Crippen molar-refractivity contribution in [3.8, 4) is 17.6 Å². The van der Waals surface area contributed by atoms with Gasteiger partial charge in [-0.3, -0.25) is 0 Å². The zero-order chi connectivity index (χ0) is 26.9. The van der Waals surface area contributed by atoms with Gasteiger partial charge in [-0.1, -0.05) is 10.4 Å². The van der Waals surface area contributed by atoms with Crippen LogP contribution in [0.15, 0.2) is 9.55 Å². The van der Waals surface area contributed by atoms with Crippen molar-refractivity contribution in [2.24, 2.45) is 0 Å². The monoisotopic (exact) mass is 561 g/mol. The van der Waals surface area contributed by atoms with Crippen LogP contribution >= 0.6 is 23.1 Å². The fraction of sp³-hybridized carbons (Fsp3) is 0.556. The first kappa shape index (κ1) is 25.0. The first-order valence-electron chi connectivity index (χ1n) is 13.6. The van der Waals surface area contributed by atoms with Crippen LogP contribution in [0, 0.1) is 11.3 Å². The summed E-state index contributed by atoms with van der Waals surface area (Å²) < 4.78 is 8.17. The third kappa shape index (κ3) is 3.59. The van der Waals surface area contributed by atoms with Gasteiger partial charge in [0.25, 0.3) is 0 Å². The number of thiophene rings is 1. The molecule has 1 aliphatic heterocycles. The van der Waals surface area contributed by atoms with Gasteiger partial charge in [-0.25, -0.2) is 14.6 Å². The van der Waals surface area contributed by atoms with Crippen molar-refractivity contribution in [3.05, 3.63) is 27.3 Å². The van der Waals surface area contributed by atoms with Crippen LogP contribution in [-0.2, 0) is 18.3 Å². The van der Waals surface area contributed by atoms with E-state index < -0.39 is 0 Å². The summed E-state index contributed by atoms with van der Waals surface area (Å²) in [6.45, 7) is 3.29. The van der Waals surface area contributed by atoms with Crippen LogP contribution in [0.2, 0.25) is 0 Å². The molecule has 0 bridgehead atoms. The number of nitriles is 1. The number of aryl methyl sites for hydroxylation is 1. The van der Waals surface area contributed by atoms with Gasteiger partial charge in [0.1, 0.15) is 16.1 Å². The summed E-state index contributed by atoms with van der Waals surface area (Å²) in [5, 5.41) is 25.0. The molecule has 5 heterocycles. The third-order valence-corrected chi connectivity index (χ3v) is 10.8. The Labute approximate surface area is 235 Å². The SMILES string of the molecule is CSc1nc(-c2noc3c2CCC[C@@]32CCCc3sc(N)c(C#N)c32)nc2c1nnn2C(C)[C@@H]1CCCN1C. The number of likely N-dealkylation sites (tertiary alicyclic amines) is 1. The van der Waals surface area contributed by atoms with Crippen molar-refractivity contribution >= 4 is 39.3 Å². The second-order valence-electron chi connectivity index (χ2n) is 11.1. The fourth-order valence-corrected chi connectivity index (χ4v) is 8.92. The number of anilines is 1. The average Bonchev–Trinajstić information content (AvgIpc) is 3.72. The van der Waals surface area contributed by atoms with Crippen LogP contribution in [0.3, 0.4) is 0 Å². The number of fused-ring (bicyclic) bond motifs is 5. The highest BCUT2D eigenvalue weighted by Gasteiger charge is 2.49. The summed E-state index contributed by atoms with van der Waals surface area (Å²) in [6.07, 6.45) is 9.96. The molecule has 1 fully saturated rings. The quantitative estimate of drug-likeness (QED) is 0.275. The lowest BCUT2D eigenvalue weighted by Crippen LogP contribution is -2.35. The molecule has 0 amide bonds. The first-order chi connectivity index (χ1) is 19.0. The normalized spacial score (nSPS) is 23.7. The van der Waals surface area contributed by atoms with Gasteiger partial charge in [0.05, 0.1) is 17.0 Å². The van der Waals surface area contributed by atoms with Gasteiger partial charge in [-0.2, -0.15) is 5.26 Å². The number of hydrogen-bond acceptors (Lipinski definition) is 11. The fourth-order valence-electron chi connectivity index (χ4n) is 7.25. The Kier molecular flexibility index (Phi) is 5.95. The predicted octanol–water partition coefficient (Wildman–Crippen LogP) is 4.73. The van der Waals surface area contributed by atoms with Gasteiger partial charge >= 0.3 is 0 Å². The Balaban J connectivity index is 1.37. The summed E-state index contributed by atoms with van der Waals surface area (Å²) in [5.41, 5.74) is 10.8. The predicted molar refractivity (Wildman–Crippen MR) is 151 cm³/mol. The highest BCUT2D eigenvalue weighted by atomic mass is 32.2. The van der Waals surface area contributed by atoms with Crippen LogP contribution in [0.25, 0.3) is 22.7 Å². The smallest absolute Gasteiger partial charge is 0.185 e. The molecule has 1 saturated heterocycles. The van der Waals surface area contributed by atoms with Crippen molar-refractivity contribution in [2.75, 3.05) is 25.6 Å². The molecule has 1 spiro atoms. The van der Waals surface area contributed by atoms with Crippen molar-refractivity contribution in [3.63, 3.8) is 0 Å². The number of likely N-dealkylation sites (N-methyl/N-ethyl adjacent to an activating group) is 1. The minimum absolute atomic E-state index is 0.128. The van der Waals surface area contributed by atoms with E-state index in [0.717, 1.165) is 84.6 Å². The lowest BCUT2D eigenvalue weighted by atomic mass is 9.63. The Hall–Kier alpha value is -3.01. The van der Waals surface area contributed by atoms with Crippen molar-refractivity contribution in [2.45, 2.75) is 80.8 Å². The van der Waals surface area contributed by atoms with Crippen LogP contribution in [0.1, 0.15) is 78.8 Å². The van der Waals surface area contributed by atoms with E-state index in [0.29, 0.717) is 28.1 Å². The van der Waals surface area contributed by atoms with E-state index in [1.807, 2.05) is 10.9 Å². The van der Waals surface area contributed by atoms with Gasteiger partial charge < -0.3 is 15.2 Å². The maximum Gasteiger partial charge on any atom is 0.185 e. The summed E-state index contributed by atoms with van der Waals surface area (Å²) in [5.74, 6) is 1.41. The van der Waals surface area contributed by atoms with E-state index >= 15 is 0 Å². The number of thioether (sulfide) groups is 1. The molecular formula is C27H31N9OS2. The van der Waals surface area contributed by atoms with Gasteiger partial charge in [-0.05, 0) is 83.7 Å². The van der Waals surface area contributed by atoms with Crippen LogP contribution in [0.5, 0.6) is 0 Å². The van der Waals surface area contributed by atoms with Gasteiger partial charge in [0, 0.05) is 16.5 Å². The zero-order valence-electron chi connectivity index (χ0n) is 22.4. The number of nitrogens with zero attached hydrogens (tertiary/aromatic N) is 8. The molecule has 4 aromatic heterocycles. The van der Waals surface area contributed by atoms with E-state index in [9.17, 15) is 5.26 Å². The summed E-state index contributed by atoms with van der Waals surface area (Å²) in [4.78, 5) is 13.5. The molecule has 2 aliphatic carbocycles. The van der Waals surface area contributed by atoms with Crippen molar-refractivity contribution < 1.29 is 4.52 Å². The van der Waals surface area contributed by atoms with E-state index in [4.69, 9.17) is 20.2 Å². The second kappa shape index (κ2) is 9.28. The lowest BCUT2D eigenvalue weighted by Gasteiger charge is -2.39. The van der Waals surface area contributed by atoms with E-state index in [1.165, 1.54) is 11.3 Å². The topological polar surface area (TPSA) is 136 Å². The highest BCUT2D eigenvalue weighted by molar-refractivity contribution is 7.98. The number of nitrogen functional groups attached to an aromatic ring is 1. The molecular weight excluding hydrogens is 530 g/mol. The van der Waals surface area contributed by atoms with Crippen molar-refractivity contribution in [1.29, 1.82) is 5.26 Å². The highest BCUT2D eigenvalue weighted by Crippen LogP contribution is 2.55. The summed E-state index contributed by atoms with van der Waals surface area (Å²) >= 11 is 3.10. The molecule has 3 aliphatic rings. The number of hydrogen-bond donors (Lipinski definition) is 1. The summed E-state index contributed by atoms with van der Waals surface area (Å²) in [7, 11) is 2.17. The third-order valence-electron chi connectivity index (χ3n) is 9.08. The molecule has 39 heavy (non-hydrogen) atoms.